The first-order valence-electron chi connectivity index (χ1n) is 12.4. The summed E-state index contributed by atoms with van der Waals surface area (Å²) in [5, 5.41) is 3.13. The number of nitrogens with two attached hydrogens (primary N) is 2. The summed E-state index contributed by atoms with van der Waals surface area (Å²) in [6.45, 7) is 3.11. The van der Waals surface area contributed by atoms with Crippen LogP contribution < -0.4 is 16.8 Å². The second-order valence-corrected chi connectivity index (χ2v) is 9.32. The molecule has 1 aliphatic rings. The number of fused-ring (bicyclic) bond motifs is 1. The van der Waals surface area contributed by atoms with Gasteiger partial charge in [-0.15, -0.1) is 0 Å². The van der Waals surface area contributed by atoms with Gasteiger partial charge < -0.3 is 21.7 Å². The number of carbonyl (C=O) groups is 1. The maximum Gasteiger partial charge on any atom is 0.416 e. The summed E-state index contributed by atoms with van der Waals surface area (Å²) in [6.07, 6.45) is -0.236. The molecule has 0 spiro atoms. The van der Waals surface area contributed by atoms with E-state index in [0.717, 1.165) is 19.2 Å². The van der Waals surface area contributed by atoms with Crippen LogP contribution in [0.4, 0.5) is 24.7 Å². The zero-order valence-corrected chi connectivity index (χ0v) is 22.1. The zero-order valence-electron chi connectivity index (χ0n) is 22.1. The number of nitrogens with one attached hydrogen (secondary N) is 1. The number of amides is 1. The number of rotatable bonds is 5. The first kappa shape index (κ1) is 28.5. The van der Waals surface area contributed by atoms with Crippen molar-refractivity contribution in [2.45, 2.75) is 12.7 Å². The van der Waals surface area contributed by atoms with Gasteiger partial charge in [-0.25, -0.2) is 4.98 Å². The van der Waals surface area contributed by atoms with Crippen LogP contribution in [0.25, 0.3) is 10.9 Å². The molecular weight excluding hydrogens is 521 g/mol. The monoisotopic (exact) mass is 550 g/mol. The quantitative estimate of drug-likeness (QED) is 0.253. The molecule has 208 valence electrons. The maximum atomic E-state index is 13.9. The van der Waals surface area contributed by atoms with Crippen LogP contribution in [0.2, 0.25) is 0 Å². The summed E-state index contributed by atoms with van der Waals surface area (Å²) in [6, 6.07) is 7.30. The summed E-state index contributed by atoms with van der Waals surface area (Å²) < 4.78 is 41.6. The molecule has 0 saturated carbocycles. The molecule has 0 unspecified atom stereocenters. The fourth-order valence-electron chi connectivity index (χ4n) is 4.20. The predicted octanol–water partition coefficient (Wildman–Crippen LogP) is 2.88. The molecule has 1 amide bonds. The standard InChI is InChI=1S/C28H29F3N8O/c1-34-20(7-5-18-16-36-26(33)25-22(18)4-3-9-35-25)15-24(32)27(40)37-21-8-6-19(23(14-21)28(29,30)31)17-39-12-10-38(2)11-13-39/h3-4,6,8-9,14-16H,10-13,17,32H2,1-2H3,(H2,33,36)(H,37,40). The molecule has 0 atom stereocenters. The van der Waals surface area contributed by atoms with Crippen molar-refractivity contribution in [3.8, 4) is 11.8 Å². The van der Waals surface area contributed by atoms with E-state index in [0.29, 0.717) is 29.6 Å². The van der Waals surface area contributed by atoms with Crippen molar-refractivity contribution >= 4 is 34.0 Å². The van der Waals surface area contributed by atoms with Gasteiger partial charge in [-0.05, 0) is 42.8 Å². The molecule has 12 heteroatoms. The molecule has 2 aromatic heterocycles. The minimum Gasteiger partial charge on any atom is -0.394 e. The molecule has 4 rings (SSSR count). The van der Waals surface area contributed by atoms with Gasteiger partial charge in [0.25, 0.3) is 5.91 Å². The van der Waals surface area contributed by atoms with E-state index in [9.17, 15) is 18.0 Å². The highest BCUT2D eigenvalue weighted by molar-refractivity contribution is 6.15. The third-order valence-corrected chi connectivity index (χ3v) is 6.46. The molecule has 1 aliphatic heterocycles. The predicted molar refractivity (Wildman–Crippen MR) is 149 cm³/mol. The van der Waals surface area contributed by atoms with Gasteiger partial charge in [-0.1, -0.05) is 12.0 Å². The van der Waals surface area contributed by atoms with Crippen LogP contribution in [0.5, 0.6) is 0 Å². The molecule has 9 nitrogen and oxygen atoms in total. The molecule has 5 N–H and O–H groups in total. The number of alkyl halides is 3. The molecule has 0 radical (unpaired) electrons. The third-order valence-electron chi connectivity index (χ3n) is 6.46. The minimum absolute atomic E-state index is 0.0243. The van der Waals surface area contributed by atoms with Crippen LogP contribution in [-0.4, -0.2) is 71.7 Å². The highest BCUT2D eigenvalue weighted by Gasteiger charge is 2.34. The molecule has 40 heavy (non-hydrogen) atoms. The Morgan fingerprint density at radius 2 is 1.95 bits per heavy atom. The lowest BCUT2D eigenvalue weighted by Crippen LogP contribution is -2.44. The fourth-order valence-corrected chi connectivity index (χ4v) is 4.20. The van der Waals surface area contributed by atoms with E-state index >= 15 is 0 Å². The lowest BCUT2D eigenvalue weighted by atomic mass is 10.0. The van der Waals surface area contributed by atoms with Crippen LogP contribution >= 0.6 is 0 Å². The number of hydrogen-bond acceptors (Lipinski definition) is 8. The summed E-state index contributed by atoms with van der Waals surface area (Å²) in [5.41, 5.74) is 12.1. The molecule has 1 aromatic carbocycles. The lowest BCUT2D eigenvalue weighted by Gasteiger charge is -2.33. The summed E-state index contributed by atoms with van der Waals surface area (Å²) in [7, 11) is 3.45. The second kappa shape index (κ2) is 12.1. The summed E-state index contributed by atoms with van der Waals surface area (Å²) in [4.78, 5) is 29.2. The van der Waals surface area contributed by atoms with Crippen molar-refractivity contribution in [3.05, 3.63) is 71.2 Å². The van der Waals surface area contributed by atoms with Crippen molar-refractivity contribution in [3.63, 3.8) is 0 Å². The first-order valence-corrected chi connectivity index (χ1v) is 12.4. The Bertz CT molecular complexity index is 1530. The Hall–Kier alpha value is -4.47. The van der Waals surface area contributed by atoms with Crippen molar-refractivity contribution in [2.24, 2.45) is 10.7 Å². The van der Waals surface area contributed by atoms with Crippen molar-refractivity contribution in [1.82, 2.24) is 19.8 Å². The van der Waals surface area contributed by atoms with Crippen LogP contribution in [-0.2, 0) is 17.5 Å². The number of pyridine rings is 2. The summed E-state index contributed by atoms with van der Waals surface area (Å²) >= 11 is 0. The zero-order chi connectivity index (χ0) is 28.9. The van der Waals surface area contributed by atoms with E-state index < -0.39 is 17.6 Å². The van der Waals surface area contributed by atoms with Gasteiger partial charge in [0.1, 0.15) is 22.7 Å². The highest BCUT2D eigenvalue weighted by atomic mass is 19.4. The van der Waals surface area contributed by atoms with E-state index in [1.165, 1.54) is 31.5 Å². The molecular formula is C28H29F3N8O. The van der Waals surface area contributed by atoms with Gasteiger partial charge in [-0.3, -0.25) is 19.7 Å². The van der Waals surface area contributed by atoms with Gasteiger partial charge in [0.15, 0.2) is 0 Å². The number of hydrogen-bond donors (Lipinski definition) is 3. The average molecular weight is 551 g/mol. The minimum atomic E-state index is -4.59. The van der Waals surface area contributed by atoms with Crippen molar-refractivity contribution in [2.75, 3.05) is 51.3 Å². The number of halogens is 3. The van der Waals surface area contributed by atoms with E-state index in [1.54, 1.807) is 18.3 Å². The number of piperazine rings is 1. The lowest BCUT2D eigenvalue weighted by molar-refractivity contribution is -0.138. The van der Waals surface area contributed by atoms with Gasteiger partial charge in [0.2, 0.25) is 0 Å². The van der Waals surface area contributed by atoms with E-state index in [4.69, 9.17) is 11.5 Å². The Balaban J connectivity index is 1.50. The number of aliphatic imine (C=N–C) groups is 1. The van der Waals surface area contributed by atoms with Crippen LogP contribution in [0.1, 0.15) is 16.7 Å². The normalized spacial score (nSPS) is 15.5. The fraction of sp³-hybridized carbons (Fsp3) is 0.286. The number of nitrogens with zero attached hydrogens (tertiary/aromatic N) is 5. The van der Waals surface area contributed by atoms with Crippen molar-refractivity contribution < 1.29 is 18.0 Å². The third kappa shape index (κ3) is 6.93. The molecule has 0 aliphatic carbocycles. The van der Waals surface area contributed by atoms with Gasteiger partial charge in [0.05, 0.1) is 11.1 Å². The molecule has 1 saturated heterocycles. The highest BCUT2D eigenvalue weighted by Crippen LogP contribution is 2.34. The second-order valence-electron chi connectivity index (χ2n) is 9.32. The average Bonchev–Trinajstić information content (AvgIpc) is 2.93. The molecule has 0 bridgehead atoms. The number of benzene rings is 1. The Labute approximate surface area is 229 Å². The number of allylic oxidation sites excluding steroid dienone is 1. The van der Waals surface area contributed by atoms with Gasteiger partial charge in [-0.2, -0.15) is 13.2 Å². The molecule has 3 heterocycles. The Morgan fingerprint density at radius 1 is 1.20 bits per heavy atom. The number of carbonyl (C=O) groups excluding carboxylic acids is 1. The topological polar surface area (TPSA) is 126 Å². The van der Waals surface area contributed by atoms with Crippen LogP contribution in [0, 0.1) is 11.8 Å². The number of anilines is 2. The summed E-state index contributed by atoms with van der Waals surface area (Å²) in [5.74, 6) is 5.23. The SMILES string of the molecule is CN=C(C#Cc1cnc(N)c2ncccc12)C=C(N)C(=O)Nc1ccc(CN2CCN(C)CC2)c(C(F)(F)F)c1. The number of nitrogen functional groups attached to an aromatic ring is 1. The van der Waals surface area contributed by atoms with Gasteiger partial charge >= 0.3 is 6.18 Å². The van der Waals surface area contributed by atoms with Crippen LogP contribution in [0.15, 0.2) is 59.5 Å². The maximum absolute atomic E-state index is 13.9. The van der Waals surface area contributed by atoms with E-state index in [-0.39, 0.29) is 35.0 Å². The number of likely N-dealkylation sites (N-methyl/N-ethyl adjacent to an activating group) is 1. The van der Waals surface area contributed by atoms with Crippen molar-refractivity contribution in [1.29, 1.82) is 0 Å². The number of aromatic nitrogens is 2. The first-order chi connectivity index (χ1) is 19.0. The van der Waals surface area contributed by atoms with Crippen LogP contribution in [0.3, 0.4) is 0 Å². The van der Waals surface area contributed by atoms with Gasteiger partial charge in [0, 0.05) is 69.3 Å². The van der Waals surface area contributed by atoms with E-state index in [2.05, 4.69) is 37.0 Å². The smallest absolute Gasteiger partial charge is 0.394 e. The Morgan fingerprint density at radius 3 is 2.65 bits per heavy atom. The molecule has 3 aromatic rings. The van der Waals surface area contributed by atoms with E-state index in [1.807, 2.05) is 11.9 Å². The molecule has 1 fully saturated rings. The Kier molecular flexibility index (Phi) is 8.67. The largest absolute Gasteiger partial charge is 0.416 e.